The molecule has 8 fully saturated rings. The van der Waals surface area contributed by atoms with E-state index in [4.69, 9.17) is 4.74 Å². The lowest BCUT2D eigenvalue weighted by atomic mass is 9.58. The summed E-state index contributed by atoms with van der Waals surface area (Å²) in [6.45, 7) is 0. The predicted molar refractivity (Wildman–Crippen MR) is 191 cm³/mol. The Hall–Kier alpha value is -0.940. The van der Waals surface area contributed by atoms with Crippen LogP contribution < -0.4 is 16.0 Å². The quantitative estimate of drug-likeness (QED) is 0.300. The highest BCUT2D eigenvalue weighted by Crippen LogP contribution is 2.55. The highest BCUT2D eigenvalue weighted by atomic mass is 16.5. The minimum Gasteiger partial charge on any atom is -0.374 e. The average molecular weight is 642 g/mol. The summed E-state index contributed by atoms with van der Waals surface area (Å²) in [4.78, 5) is 0. The summed E-state index contributed by atoms with van der Waals surface area (Å²) in [5.41, 5.74) is 1.38. The molecule has 1 aromatic rings. The van der Waals surface area contributed by atoms with Gasteiger partial charge in [-0.15, -0.1) is 0 Å². The number of benzene rings is 1. The van der Waals surface area contributed by atoms with Crippen LogP contribution in [-0.4, -0.2) is 24.5 Å². The zero-order valence-corrected chi connectivity index (χ0v) is 29.5. The fraction of sp³-hybridized carbons (Fsp3) is 0.860. The van der Waals surface area contributed by atoms with Gasteiger partial charge in [0.1, 0.15) is 0 Å². The van der Waals surface area contributed by atoms with Gasteiger partial charge in [-0.25, -0.2) is 0 Å². The maximum Gasteiger partial charge on any atom is 0.0859 e. The Labute approximate surface area is 287 Å². The summed E-state index contributed by atoms with van der Waals surface area (Å²) in [7, 11) is 0. The van der Waals surface area contributed by atoms with Crippen LogP contribution in [0.5, 0.6) is 0 Å². The summed E-state index contributed by atoms with van der Waals surface area (Å²) >= 11 is 0. The van der Waals surface area contributed by atoms with Gasteiger partial charge < -0.3 is 4.74 Å². The van der Waals surface area contributed by atoms with Crippen molar-refractivity contribution in [3.63, 3.8) is 0 Å². The molecular formula is C43H67N3O. The molecule has 13 atom stereocenters. The third-order valence-corrected chi connectivity index (χ3v) is 16.1. The molecule has 0 aromatic heterocycles. The van der Waals surface area contributed by atoms with E-state index in [1.807, 2.05) is 0 Å². The van der Waals surface area contributed by atoms with Crippen LogP contribution in [0, 0.1) is 59.2 Å². The zero-order chi connectivity index (χ0) is 31.2. The summed E-state index contributed by atoms with van der Waals surface area (Å²) in [6.07, 6.45) is 34.4. The second kappa shape index (κ2) is 14.4. The van der Waals surface area contributed by atoms with Crippen LogP contribution in [0.25, 0.3) is 0 Å². The van der Waals surface area contributed by atoms with Gasteiger partial charge in [0.25, 0.3) is 0 Å². The van der Waals surface area contributed by atoms with Crippen molar-refractivity contribution in [2.45, 2.75) is 172 Å². The van der Waals surface area contributed by atoms with Gasteiger partial charge in [0.05, 0.1) is 30.7 Å². The van der Waals surface area contributed by atoms with Crippen LogP contribution in [0.4, 0.5) is 0 Å². The van der Waals surface area contributed by atoms with Crippen LogP contribution in [0.1, 0.15) is 153 Å². The number of ether oxygens (including phenoxy) is 1. The van der Waals surface area contributed by atoms with Crippen molar-refractivity contribution in [2.75, 3.05) is 0 Å². The SMILES string of the molecule is c1ccc(C2NC(C3CCCCC3)NC(C3CCC4C(C3)OC3CC(C5CCC6CC(C7CCCCC7)CCC6C5)CCC34)N2)cc1. The molecule has 13 unspecified atom stereocenters. The molecule has 2 saturated heterocycles. The van der Waals surface area contributed by atoms with Crippen LogP contribution in [0.2, 0.25) is 0 Å². The molecule has 6 aliphatic carbocycles. The first kappa shape index (κ1) is 32.0. The second-order valence-electron chi connectivity index (χ2n) is 18.4. The van der Waals surface area contributed by atoms with E-state index in [0.29, 0.717) is 30.5 Å². The molecule has 260 valence electrons. The molecule has 0 bridgehead atoms. The van der Waals surface area contributed by atoms with Crippen LogP contribution >= 0.6 is 0 Å². The molecule has 8 aliphatic rings. The van der Waals surface area contributed by atoms with Gasteiger partial charge in [-0.3, -0.25) is 16.0 Å². The second-order valence-corrected chi connectivity index (χ2v) is 18.4. The molecule has 2 heterocycles. The fourth-order valence-electron chi connectivity index (χ4n) is 13.6. The third kappa shape index (κ3) is 6.77. The molecule has 3 N–H and O–H groups in total. The molecule has 6 saturated carbocycles. The minimum atomic E-state index is 0.234. The van der Waals surface area contributed by atoms with E-state index in [1.165, 1.54) is 102 Å². The lowest BCUT2D eigenvalue weighted by Crippen LogP contribution is -2.67. The summed E-state index contributed by atoms with van der Waals surface area (Å²) in [5, 5.41) is 12.2. The van der Waals surface area contributed by atoms with Gasteiger partial charge >= 0.3 is 0 Å². The minimum absolute atomic E-state index is 0.234. The molecule has 4 nitrogen and oxygen atoms in total. The Morgan fingerprint density at radius 1 is 0.404 bits per heavy atom. The van der Waals surface area contributed by atoms with E-state index in [1.54, 1.807) is 44.9 Å². The fourth-order valence-corrected chi connectivity index (χ4v) is 13.6. The smallest absolute Gasteiger partial charge is 0.0859 e. The number of hydrogen-bond donors (Lipinski definition) is 3. The zero-order valence-electron chi connectivity index (χ0n) is 29.5. The topological polar surface area (TPSA) is 45.3 Å². The molecule has 47 heavy (non-hydrogen) atoms. The number of hydrogen-bond acceptors (Lipinski definition) is 4. The van der Waals surface area contributed by atoms with E-state index in [9.17, 15) is 0 Å². The van der Waals surface area contributed by atoms with E-state index >= 15 is 0 Å². The normalized spacial score (nSPS) is 46.7. The van der Waals surface area contributed by atoms with Crippen molar-refractivity contribution in [3.05, 3.63) is 35.9 Å². The third-order valence-electron chi connectivity index (χ3n) is 16.1. The average Bonchev–Trinajstić information content (AvgIpc) is 3.52. The van der Waals surface area contributed by atoms with E-state index in [-0.39, 0.29) is 6.17 Å². The number of nitrogens with one attached hydrogen (secondary N) is 3. The Kier molecular flexibility index (Phi) is 9.77. The Balaban J connectivity index is 0.806. The van der Waals surface area contributed by atoms with Crippen molar-refractivity contribution in [2.24, 2.45) is 59.2 Å². The first-order chi connectivity index (χ1) is 23.2. The van der Waals surface area contributed by atoms with Crippen LogP contribution in [0.3, 0.4) is 0 Å². The van der Waals surface area contributed by atoms with Gasteiger partial charge in [-0.05, 0) is 155 Å². The highest BCUT2D eigenvalue weighted by molar-refractivity contribution is 5.19. The first-order valence-electron chi connectivity index (χ1n) is 21.2. The number of fused-ring (bicyclic) bond motifs is 4. The Morgan fingerprint density at radius 3 is 1.49 bits per heavy atom. The first-order valence-corrected chi connectivity index (χ1v) is 21.2. The summed E-state index contributed by atoms with van der Waals surface area (Å²) < 4.78 is 7.18. The van der Waals surface area contributed by atoms with Crippen molar-refractivity contribution in [1.29, 1.82) is 0 Å². The van der Waals surface area contributed by atoms with Crippen molar-refractivity contribution in [1.82, 2.24) is 16.0 Å². The lowest BCUT2D eigenvalue weighted by Gasteiger charge is -2.48. The van der Waals surface area contributed by atoms with E-state index in [2.05, 4.69) is 46.3 Å². The van der Waals surface area contributed by atoms with Crippen molar-refractivity contribution in [3.8, 4) is 0 Å². The van der Waals surface area contributed by atoms with E-state index in [0.717, 1.165) is 53.3 Å². The van der Waals surface area contributed by atoms with Crippen LogP contribution in [0.15, 0.2) is 30.3 Å². The van der Waals surface area contributed by atoms with E-state index < -0.39 is 0 Å². The van der Waals surface area contributed by atoms with Gasteiger partial charge in [0.2, 0.25) is 0 Å². The predicted octanol–water partition coefficient (Wildman–Crippen LogP) is 9.71. The van der Waals surface area contributed by atoms with Gasteiger partial charge in [0, 0.05) is 0 Å². The molecule has 0 radical (unpaired) electrons. The van der Waals surface area contributed by atoms with Gasteiger partial charge in [-0.1, -0.05) is 81.7 Å². The molecule has 0 spiro atoms. The molecule has 0 amide bonds. The molecule has 2 aliphatic heterocycles. The Bertz CT molecular complexity index is 1150. The Morgan fingerprint density at radius 2 is 0.872 bits per heavy atom. The van der Waals surface area contributed by atoms with Gasteiger partial charge in [0.15, 0.2) is 0 Å². The standard InChI is InChI=1S/C43H67N3O/c1-4-10-28(11-5-1)31-16-17-33-25-34(19-18-32(33)24-31)35-20-22-37-38-23-21-36(27-40(38)47-39(37)26-35)43-45-41(29-12-6-2-7-13-29)44-42(46-43)30-14-8-3-9-15-30/h2,6-7,12-13,28,30-46H,1,3-5,8-11,14-27H2. The molecule has 4 heteroatoms. The number of rotatable bonds is 5. The molecule has 9 rings (SSSR count). The summed E-state index contributed by atoms with van der Waals surface area (Å²) in [6, 6.07) is 11.2. The summed E-state index contributed by atoms with van der Waals surface area (Å²) in [5.74, 6) is 9.32. The lowest BCUT2D eigenvalue weighted by molar-refractivity contribution is -0.0343. The van der Waals surface area contributed by atoms with Crippen LogP contribution in [-0.2, 0) is 4.74 Å². The largest absolute Gasteiger partial charge is 0.374 e. The molecular weight excluding hydrogens is 574 g/mol. The molecule has 1 aromatic carbocycles. The highest BCUT2D eigenvalue weighted by Gasteiger charge is 2.52. The maximum atomic E-state index is 7.18. The van der Waals surface area contributed by atoms with Crippen molar-refractivity contribution >= 4 is 0 Å². The van der Waals surface area contributed by atoms with Crippen molar-refractivity contribution < 1.29 is 4.74 Å². The maximum absolute atomic E-state index is 7.18. The van der Waals surface area contributed by atoms with Gasteiger partial charge in [-0.2, -0.15) is 0 Å². The monoisotopic (exact) mass is 642 g/mol.